The van der Waals surface area contributed by atoms with E-state index in [1.807, 2.05) is 17.0 Å². The van der Waals surface area contributed by atoms with Crippen LogP contribution in [-0.2, 0) is 22.5 Å². The average Bonchev–Trinajstić information content (AvgIpc) is 3.14. The third-order valence-electron chi connectivity index (χ3n) is 3.70. The number of pyridine rings is 1. The molecule has 1 aliphatic rings. The number of aromatic nitrogens is 3. The van der Waals surface area contributed by atoms with Crippen LogP contribution < -0.4 is 0 Å². The van der Waals surface area contributed by atoms with Crippen molar-refractivity contribution in [1.82, 2.24) is 20.0 Å². The predicted octanol–water partition coefficient (Wildman–Crippen LogP) is 1.17. The normalized spacial score (nSPS) is 18.1. The molecule has 2 aromatic rings. The van der Waals surface area contributed by atoms with Crippen molar-refractivity contribution in [3.05, 3.63) is 41.8 Å². The minimum atomic E-state index is -0.0295. The number of nitrogens with zero attached hydrogens (tertiary/aromatic N) is 4. The van der Waals surface area contributed by atoms with Gasteiger partial charge in [0.15, 0.2) is 5.82 Å². The zero-order valence-electron chi connectivity index (χ0n) is 12.4. The fourth-order valence-electron chi connectivity index (χ4n) is 2.53. The Morgan fingerprint density at radius 1 is 1.41 bits per heavy atom. The van der Waals surface area contributed by atoms with E-state index in [4.69, 9.17) is 9.26 Å². The maximum absolute atomic E-state index is 12.1. The molecule has 1 saturated heterocycles. The molecule has 0 spiro atoms. The summed E-state index contributed by atoms with van der Waals surface area (Å²) < 4.78 is 10.3. The van der Waals surface area contributed by atoms with Crippen molar-refractivity contribution in [2.45, 2.75) is 25.3 Å². The predicted molar refractivity (Wildman–Crippen MR) is 76.9 cm³/mol. The first-order valence-electron chi connectivity index (χ1n) is 7.24. The minimum absolute atomic E-state index is 0.0295. The molecule has 3 heterocycles. The molecule has 1 aliphatic heterocycles. The van der Waals surface area contributed by atoms with Crippen LogP contribution in [0.4, 0.5) is 0 Å². The zero-order chi connectivity index (χ0) is 15.4. The molecule has 7 nitrogen and oxygen atoms in total. The molecule has 0 saturated carbocycles. The summed E-state index contributed by atoms with van der Waals surface area (Å²) in [5, 5.41) is 3.93. The topological polar surface area (TPSA) is 81.4 Å². The van der Waals surface area contributed by atoms with Gasteiger partial charge in [-0.1, -0.05) is 5.16 Å². The van der Waals surface area contributed by atoms with Gasteiger partial charge in [0.25, 0.3) is 0 Å². The molecule has 2 aromatic heterocycles. The highest BCUT2D eigenvalue weighted by Gasteiger charge is 2.34. The maximum atomic E-state index is 12.1. The van der Waals surface area contributed by atoms with E-state index in [1.54, 1.807) is 19.5 Å². The number of methoxy groups -OCH3 is 1. The number of amides is 1. The number of ether oxygens (including phenoxy) is 1. The second kappa shape index (κ2) is 6.65. The summed E-state index contributed by atoms with van der Waals surface area (Å²) in [4.78, 5) is 22.3. The SMILES string of the molecule is COCCc1noc(C2CC(=O)N(Cc3ccncc3)C2)n1. The Bertz CT molecular complexity index is 629. The molecule has 116 valence electrons. The summed E-state index contributed by atoms with van der Waals surface area (Å²) in [5.41, 5.74) is 1.07. The first kappa shape index (κ1) is 14.6. The second-order valence-corrected chi connectivity index (χ2v) is 5.32. The number of carbonyl (C=O) groups excluding carboxylic acids is 1. The Balaban J connectivity index is 1.63. The summed E-state index contributed by atoms with van der Waals surface area (Å²) >= 11 is 0. The van der Waals surface area contributed by atoms with Gasteiger partial charge in [0.05, 0.1) is 12.5 Å². The van der Waals surface area contributed by atoms with Gasteiger partial charge in [-0.15, -0.1) is 0 Å². The van der Waals surface area contributed by atoms with Crippen LogP contribution in [-0.4, -0.2) is 46.2 Å². The van der Waals surface area contributed by atoms with Crippen LogP contribution in [0.5, 0.6) is 0 Å². The molecule has 0 aromatic carbocycles. The molecular weight excluding hydrogens is 284 g/mol. The van der Waals surface area contributed by atoms with Gasteiger partial charge in [0.2, 0.25) is 11.8 Å². The van der Waals surface area contributed by atoms with Gasteiger partial charge in [0.1, 0.15) is 0 Å². The van der Waals surface area contributed by atoms with Crippen molar-refractivity contribution in [2.24, 2.45) is 0 Å². The van der Waals surface area contributed by atoms with Gasteiger partial charge in [0, 0.05) is 45.4 Å². The van der Waals surface area contributed by atoms with E-state index in [2.05, 4.69) is 15.1 Å². The lowest BCUT2D eigenvalue weighted by Gasteiger charge is -2.15. The molecule has 0 N–H and O–H groups in total. The highest BCUT2D eigenvalue weighted by atomic mass is 16.5. The second-order valence-electron chi connectivity index (χ2n) is 5.32. The van der Waals surface area contributed by atoms with E-state index in [0.29, 0.717) is 44.3 Å². The highest BCUT2D eigenvalue weighted by molar-refractivity contribution is 5.79. The standard InChI is InChI=1S/C15H18N4O3/c1-21-7-4-13-17-15(22-18-13)12-8-14(20)19(10-12)9-11-2-5-16-6-3-11/h2-3,5-6,12H,4,7-10H2,1H3. The molecule has 1 fully saturated rings. The van der Waals surface area contributed by atoms with Crippen LogP contribution in [0, 0.1) is 0 Å². The summed E-state index contributed by atoms with van der Waals surface area (Å²) in [6.45, 7) is 1.74. The third kappa shape index (κ3) is 3.30. The number of rotatable bonds is 6. The summed E-state index contributed by atoms with van der Waals surface area (Å²) in [5.74, 6) is 1.24. The van der Waals surface area contributed by atoms with Gasteiger partial charge in [-0.05, 0) is 17.7 Å². The van der Waals surface area contributed by atoms with Crippen molar-refractivity contribution >= 4 is 5.91 Å². The Morgan fingerprint density at radius 2 is 2.23 bits per heavy atom. The van der Waals surface area contributed by atoms with Gasteiger partial charge < -0.3 is 14.2 Å². The molecule has 0 bridgehead atoms. The Morgan fingerprint density at radius 3 is 3.00 bits per heavy atom. The van der Waals surface area contributed by atoms with Crippen molar-refractivity contribution in [3.63, 3.8) is 0 Å². The van der Waals surface area contributed by atoms with E-state index in [9.17, 15) is 4.79 Å². The van der Waals surface area contributed by atoms with Crippen molar-refractivity contribution in [2.75, 3.05) is 20.3 Å². The number of carbonyl (C=O) groups is 1. The number of likely N-dealkylation sites (tertiary alicyclic amines) is 1. The lowest BCUT2D eigenvalue weighted by molar-refractivity contribution is -0.128. The molecule has 0 radical (unpaired) electrons. The van der Waals surface area contributed by atoms with Gasteiger partial charge in [-0.2, -0.15) is 4.98 Å². The Hall–Kier alpha value is -2.28. The smallest absolute Gasteiger partial charge is 0.232 e. The van der Waals surface area contributed by atoms with Crippen LogP contribution in [0.2, 0.25) is 0 Å². The van der Waals surface area contributed by atoms with Crippen LogP contribution in [0.3, 0.4) is 0 Å². The molecule has 0 aliphatic carbocycles. The molecule has 3 rings (SSSR count). The fraction of sp³-hybridized carbons (Fsp3) is 0.467. The first-order valence-corrected chi connectivity index (χ1v) is 7.24. The first-order chi connectivity index (χ1) is 10.8. The van der Waals surface area contributed by atoms with Crippen LogP contribution in [0.25, 0.3) is 0 Å². The number of hydrogen-bond donors (Lipinski definition) is 0. The summed E-state index contributed by atoms with van der Waals surface area (Å²) in [6, 6.07) is 3.83. The molecule has 1 unspecified atom stereocenters. The molecule has 1 atom stereocenters. The van der Waals surface area contributed by atoms with E-state index in [-0.39, 0.29) is 11.8 Å². The summed E-state index contributed by atoms with van der Waals surface area (Å²) in [6.07, 6.45) is 4.49. The molecular formula is C15H18N4O3. The van der Waals surface area contributed by atoms with Crippen molar-refractivity contribution < 1.29 is 14.1 Å². The highest BCUT2D eigenvalue weighted by Crippen LogP contribution is 2.28. The lowest BCUT2D eigenvalue weighted by Crippen LogP contribution is -2.24. The van der Waals surface area contributed by atoms with Gasteiger partial charge >= 0.3 is 0 Å². The van der Waals surface area contributed by atoms with E-state index in [1.165, 1.54) is 0 Å². The van der Waals surface area contributed by atoms with Crippen molar-refractivity contribution in [3.8, 4) is 0 Å². The third-order valence-corrected chi connectivity index (χ3v) is 3.70. The average molecular weight is 302 g/mol. The van der Waals surface area contributed by atoms with Gasteiger partial charge in [-0.3, -0.25) is 9.78 Å². The Kier molecular flexibility index (Phi) is 4.43. The minimum Gasteiger partial charge on any atom is -0.384 e. The van der Waals surface area contributed by atoms with Crippen LogP contribution >= 0.6 is 0 Å². The van der Waals surface area contributed by atoms with Crippen LogP contribution in [0.1, 0.15) is 29.6 Å². The zero-order valence-corrected chi connectivity index (χ0v) is 12.4. The van der Waals surface area contributed by atoms with Crippen molar-refractivity contribution in [1.29, 1.82) is 0 Å². The van der Waals surface area contributed by atoms with E-state index >= 15 is 0 Å². The van der Waals surface area contributed by atoms with E-state index in [0.717, 1.165) is 5.56 Å². The maximum Gasteiger partial charge on any atom is 0.232 e. The largest absolute Gasteiger partial charge is 0.384 e. The van der Waals surface area contributed by atoms with Crippen LogP contribution in [0.15, 0.2) is 29.0 Å². The van der Waals surface area contributed by atoms with Gasteiger partial charge in [-0.25, -0.2) is 0 Å². The van der Waals surface area contributed by atoms with E-state index < -0.39 is 0 Å². The quantitative estimate of drug-likeness (QED) is 0.796. The fourth-order valence-corrected chi connectivity index (χ4v) is 2.53. The lowest BCUT2D eigenvalue weighted by atomic mass is 10.1. The number of hydrogen-bond acceptors (Lipinski definition) is 6. The Labute approximate surface area is 128 Å². The molecule has 1 amide bonds. The monoisotopic (exact) mass is 302 g/mol. The molecule has 22 heavy (non-hydrogen) atoms. The summed E-state index contributed by atoms with van der Waals surface area (Å²) in [7, 11) is 1.63. The molecule has 7 heteroatoms.